The summed E-state index contributed by atoms with van der Waals surface area (Å²) in [5.74, 6) is 0. The molecule has 2 heterocycles. The summed E-state index contributed by atoms with van der Waals surface area (Å²) in [5.41, 5.74) is 2.75. The lowest BCUT2D eigenvalue weighted by atomic mass is 10.4. The molecule has 0 fully saturated rings. The molecule has 13 heavy (non-hydrogen) atoms. The van der Waals surface area contributed by atoms with Gasteiger partial charge in [-0.1, -0.05) is 5.16 Å². The van der Waals surface area contributed by atoms with Crippen molar-refractivity contribution in [2.75, 3.05) is 0 Å². The van der Waals surface area contributed by atoms with Crippen LogP contribution < -0.4 is 5.32 Å². The molecule has 0 saturated heterocycles. The number of nitrogens with one attached hydrogen (secondary N) is 1. The molecule has 0 aromatic carbocycles. The highest BCUT2D eigenvalue weighted by molar-refractivity contribution is 7.09. The van der Waals surface area contributed by atoms with Crippen molar-refractivity contribution in [2.24, 2.45) is 0 Å². The van der Waals surface area contributed by atoms with Gasteiger partial charge in [0.05, 0.1) is 11.2 Å². The molecular formula is C8H9N3OS. The minimum absolute atomic E-state index is 0.731. The predicted molar refractivity (Wildman–Crippen MR) is 49.2 cm³/mol. The van der Waals surface area contributed by atoms with Crippen molar-refractivity contribution in [2.45, 2.75) is 13.1 Å². The Kier molecular flexibility index (Phi) is 2.68. The van der Waals surface area contributed by atoms with Gasteiger partial charge in [-0.05, 0) is 0 Å². The van der Waals surface area contributed by atoms with Gasteiger partial charge in [0.25, 0.3) is 0 Å². The van der Waals surface area contributed by atoms with Gasteiger partial charge in [-0.3, -0.25) is 4.98 Å². The van der Waals surface area contributed by atoms with Gasteiger partial charge in [-0.25, -0.2) is 0 Å². The lowest BCUT2D eigenvalue weighted by Gasteiger charge is -1.97. The number of hydrogen-bond acceptors (Lipinski definition) is 5. The van der Waals surface area contributed by atoms with E-state index in [1.807, 2.05) is 17.8 Å². The van der Waals surface area contributed by atoms with E-state index in [1.54, 1.807) is 17.6 Å². The zero-order valence-corrected chi connectivity index (χ0v) is 7.75. The molecular weight excluding hydrogens is 186 g/mol. The summed E-state index contributed by atoms with van der Waals surface area (Å²) >= 11 is 1.64. The first-order valence-electron chi connectivity index (χ1n) is 3.92. The van der Waals surface area contributed by atoms with Crippen LogP contribution in [0, 0.1) is 0 Å². The summed E-state index contributed by atoms with van der Waals surface area (Å²) in [6.07, 6.45) is 3.43. The van der Waals surface area contributed by atoms with E-state index in [1.165, 1.54) is 4.88 Å². The van der Waals surface area contributed by atoms with Crippen LogP contribution in [0.4, 0.5) is 0 Å². The number of nitrogens with zero attached hydrogens (tertiary/aromatic N) is 2. The molecule has 0 aliphatic rings. The fourth-order valence-electron chi connectivity index (χ4n) is 0.972. The molecule has 0 unspecified atom stereocenters. The molecule has 0 bridgehead atoms. The zero-order chi connectivity index (χ0) is 8.93. The molecule has 0 amide bonds. The molecule has 0 aliphatic carbocycles. The Hall–Kier alpha value is -1.20. The summed E-state index contributed by atoms with van der Waals surface area (Å²) in [7, 11) is 0. The molecule has 0 aliphatic heterocycles. The minimum Gasteiger partial charge on any atom is -0.364 e. The first-order chi connectivity index (χ1) is 6.45. The molecule has 0 radical (unpaired) electrons. The summed E-state index contributed by atoms with van der Waals surface area (Å²) in [4.78, 5) is 5.21. The van der Waals surface area contributed by atoms with E-state index >= 15 is 0 Å². The van der Waals surface area contributed by atoms with Crippen LogP contribution >= 0.6 is 11.3 Å². The van der Waals surface area contributed by atoms with Crippen molar-refractivity contribution in [3.8, 4) is 0 Å². The van der Waals surface area contributed by atoms with E-state index < -0.39 is 0 Å². The smallest absolute Gasteiger partial charge is 0.124 e. The number of rotatable bonds is 4. The van der Waals surface area contributed by atoms with Crippen LogP contribution in [0.3, 0.4) is 0 Å². The SMILES string of the molecule is c1cc(CNCc2cncs2)no1. The molecule has 2 aromatic rings. The summed E-state index contributed by atoms with van der Waals surface area (Å²) in [5, 5.41) is 7.02. The van der Waals surface area contributed by atoms with E-state index in [9.17, 15) is 0 Å². The lowest BCUT2D eigenvalue weighted by Crippen LogP contribution is -2.11. The topological polar surface area (TPSA) is 51.0 Å². The third-order valence-corrected chi connectivity index (χ3v) is 2.36. The van der Waals surface area contributed by atoms with Gasteiger partial charge in [0, 0.05) is 30.2 Å². The largest absolute Gasteiger partial charge is 0.364 e. The summed E-state index contributed by atoms with van der Waals surface area (Å²) < 4.78 is 4.70. The molecule has 68 valence electrons. The van der Waals surface area contributed by atoms with Gasteiger partial charge in [0.15, 0.2) is 0 Å². The second-order valence-electron chi connectivity index (χ2n) is 2.56. The van der Waals surface area contributed by atoms with Crippen LogP contribution in [-0.2, 0) is 13.1 Å². The Labute approximate surface area is 79.6 Å². The van der Waals surface area contributed by atoms with Gasteiger partial charge in [0.1, 0.15) is 6.26 Å². The zero-order valence-electron chi connectivity index (χ0n) is 6.93. The Morgan fingerprint density at radius 2 is 2.46 bits per heavy atom. The Morgan fingerprint density at radius 1 is 1.46 bits per heavy atom. The third kappa shape index (κ3) is 2.37. The standard InChI is InChI=1S/C8H9N3OS/c1-2-12-11-7(1)3-9-4-8-5-10-6-13-8/h1-2,5-6,9H,3-4H2. The van der Waals surface area contributed by atoms with Crippen molar-refractivity contribution in [1.29, 1.82) is 0 Å². The fourth-order valence-corrected chi connectivity index (χ4v) is 1.54. The van der Waals surface area contributed by atoms with E-state index in [4.69, 9.17) is 4.52 Å². The summed E-state index contributed by atoms with van der Waals surface area (Å²) in [6.45, 7) is 1.56. The minimum atomic E-state index is 0.731. The van der Waals surface area contributed by atoms with Crippen LogP contribution in [0.2, 0.25) is 0 Å². The Bertz CT molecular complexity index is 296. The molecule has 0 atom stereocenters. The van der Waals surface area contributed by atoms with Crippen molar-refractivity contribution in [3.63, 3.8) is 0 Å². The van der Waals surface area contributed by atoms with E-state index in [0.29, 0.717) is 0 Å². The Balaban J connectivity index is 1.76. The lowest BCUT2D eigenvalue weighted by molar-refractivity contribution is 0.408. The normalized spacial score (nSPS) is 10.5. The van der Waals surface area contributed by atoms with Crippen LogP contribution in [0.1, 0.15) is 10.6 Å². The van der Waals surface area contributed by atoms with Gasteiger partial charge in [-0.15, -0.1) is 11.3 Å². The van der Waals surface area contributed by atoms with Crippen molar-refractivity contribution >= 4 is 11.3 Å². The average molecular weight is 195 g/mol. The highest BCUT2D eigenvalue weighted by atomic mass is 32.1. The monoisotopic (exact) mass is 195 g/mol. The molecule has 0 spiro atoms. The highest BCUT2D eigenvalue weighted by Crippen LogP contribution is 2.04. The van der Waals surface area contributed by atoms with Crippen molar-refractivity contribution in [3.05, 3.63) is 34.6 Å². The van der Waals surface area contributed by atoms with Crippen LogP contribution in [0.5, 0.6) is 0 Å². The van der Waals surface area contributed by atoms with Gasteiger partial charge in [-0.2, -0.15) is 0 Å². The number of aromatic nitrogens is 2. The maximum Gasteiger partial charge on any atom is 0.124 e. The first-order valence-corrected chi connectivity index (χ1v) is 4.80. The van der Waals surface area contributed by atoms with Crippen LogP contribution in [0.25, 0.3) is 0 Å². The van der Waals surface area contributed by atoms with Crippen LogP contribution in [-0.4, -0.2) is 10.1 Å². The van der Waals surface area contributed by atoms with E-state index in [-0.39, 0.29) is 0 Å². The average Bonchev–Trinajstić information content (AvgIpc) is 2.75. The molecule has 4 nitrogen and oxygen atoms in total. The Morgan fingerprint density at radius 3 is 3.15 bits per heavy atom. The molecule has 2 aromatic heterocycles. The van der Waals surface area contributed by atoms with Crippen molar-refractivity contribution < 1.29 is 4.52 Å². The van der Waals surface area contributed by atoms with Gasteiger partial charge in [0.2, 0.25) is 0 Å². The maximum absolute atomic E-state index is 4.70. The fraction of sp³-hybridized carbons (Fsp3) is 0.250. The first kappa shape index (κ1) is 8.40. The number of thiazole rings is 1. The highest BCUT2D eigenvalue weighted by Gasteiger charge is 1.96. The van der Waals surface area contributed by atoms with E-state index in [0.717, 1.165) is 18.8 Å². The molecule has 0 saturated carbocycles. The third-order valence-electron chi connectivity index (χ3n) is 1.58. The molecule has 1 N–H and O–H groups in total. The van der Waals surface area contributed by atoms with Crippen LogP contribution in [0.15, 0.2) is 28.6 Å². The second kappa shape index (κ2) is 4.15. The maximum atomic E-state index is 4.70. The molecule has 2 rings (SSSR count). The van der Waals surface area contributed by atoms with Gasteiger partial charge < -0.3 is 9.84 Å². The summed E-state index contributed by atoms with van der Waals surface area (Å²) in [6, 6.07) is 1.85. The molecule has 5 heteroatoms. The second-order valence-corrected chi connectivity index (χ2v) is 3.53. The van der Waals surface area contributed by atoms with Gasteiger partial charge >= 0.3 is 0 Å². The predicted octanol–water partition coefficient (Wildman–Crippen LogP) is 1.42. The quantitative estimate of drug-likeness (QED) is 0.801. The number of hydrogen-bond donors (Lipinski definition) is 1. The van der Waals surface area contributed by atoms with E-state index in [2.05, 4.69) is 15.5 Å². The van der Waals surface area contributed by atoms with Crippen molar-refractivity contribution in [1.82, 2.24) is 15.5 Å².